The number of halogens is 3. The summed E-state index contributed by atoms with van der Waals surface area (Å²) < 4.78 is 69.0. The summed E-state index contributed by atoms with van der Waals surface area (Å²) in [5.41, 5.74) is -0.262. The van der Waals surface area contributed by atoms with Crippen molar-refractivity contribution in [3.8, 4) is 5.75 Å². The van der Waals surface area contributed by atoms with E-state index in [9.17, 15) is 21.6 Å². The Bertz CT molecular complexity index is 472. The molecule has 0 fully saturated rings. The number of alkyl halides is 3. The first-order chi connectivity index (χ1) is 7.17. The Balaban J connectivity index is 0.00000256. The van der Waals surface area contributed by atoms with Crippen molar-refractivity contribution < 1.29 is 30.9 Å². The van der Waals surface area contributed by atoms with Crippen LogP contribution in [0, 0.1) is 0 Å². The summed E-state index contributed by atoms with van der Waals surface area (Å²) in [5, 5.41) is 0. The molecule has 0 heterocycles. The molecule has 1 aromatic carbocycles. The number of hydrogen-bond donors (Lipinski definition) is 1. The normalized spacial score (nSPS) is 11.8. The predicted molar refractivity (Wildman–Crippen MR) is 54.1 cm³/mol. The van der Waals surface area contributed by atoms with E-state index in [1.54, 1.807) is 0 Å². The Morgan fingerprint density at radius 1 is 1.24 bits per heavy atom. The van der Waals surface area contributed by atoms with Gasteiger partial charge in [-0.25, -0.2) is 0 Å². The van der Waals surface area contributed by atoms with Gasteiger partial charge in [0, 0.05) is 35.1 Å². The number of para-hydroxylation sites is 1. The van der Waals surface area contributed by atoms with Crippen LogP contribution in [0.4, 0.5) is 13.2 Å². The van der Waals surface area contributed by atoms with Crippen molar-refractivity contribution in [2.45, 2.75) is 12.1 Å². The van der Waals surface area contributed by atoms with Crippen molar-refractivity contribution in [3.63, 3.8) is 0 Å². The molecule has 4 nitrogen and oxygen atoms in total. The molecule has 0 aliphatic rings. The molecule has 1 radical (unpaired) electrons. The minimum Gasteiger partial charge on any atom is -0.405 e. The molecule has 0 aliphatic carbocycles. The van der Waals surface area contributed by atoms with Crippen molar-refractivity contribution >= 4 is 39.7 Å². The Morgan fingerprint density at radius 3 is 2.24 bits per heavy atom. The topological polar surface area (TPSA) is 63.6 Å². The van der Waals surface area contributed by atoms with Crippen LogP contribution in [0.15, 0.2) is 24.3 Å². The zero-order valence-corrected chi connectivity index (χ0v) is 11.5. The van der Waals surface area contributed by atoms with Crippen molar-refractivity contribution in [3.05, 3.63) is 29.8 Å². The summed E-state index contributed by atoms with van der Waals surface area (Å²) in [4.78, 5) is 0. The Kier molecular flexibility index (Phi) is 5.95. The molecule has 0 aliphatic heterocycles. The van der Waals surface area contributed by atoms with E-state index in [-0.39, 0.29) is 35.1 Å². The third kappa shape index (κ3) is 6.89. The van der Waals surface area contributed by atoms with Gasteiger partial charge in [-0.3, -0.25) is 4.55 Å². The Morgan fingerprint density at radius 2 is 1.76 bits per heavy atom. The maximum atomic E-state index is 11.9. The Labute approximate surface area is 118 Å². The van der Waals surface area contributed by atoms with E-state index >= 15 is 0 Å². The fourth-order valence-corrected chi connectivity index (χ4v) is 1.68. The van der Waals surface area contributed by atoms with Gasteiger partial charge in [-0.1, -0.05) is 18.2 Å². The van der Waals surface area contributed by atoms with Crippen molar-refractivity contribution in [1.82, 2.24) is 0 Å². The second-order valence-corrected chi connectivity index (χ2v) is 4.33. The van der Waals surface area contributed by atoms with Crippen LogP contribution in [0.2, 0.25) is 0 Å². The van der Waals surface area contributed by atoms with Gasteiger partial charge in [0.05, 0.1) is 0 Å². The van der Waals surface area contributed by atoms with E-state index in [0.717, 1.165) is 12.1 Å². The van der Waals surface area contributed by atoms with E-state index in [0.29, 0.717) is 0 Å². The molecule has 0 saturated heterocycles. The van der Waals surface area contributed by atoms with E-state index in [1.807, 2.05) is 0 Å². The van der Waals surface area contributed by atoms with Crippen molar-refractivity contribution in [2.24, 2.45) is 0 Å². The van der Waals surface area contributed by atoms with Crippen LogP contribution < -0.4 is 4.74 Å². The molecular formula is C8H7F3NaO4S. The van der Waals surface area contributed by atoms with Crippen molar-refractivity contribution in [2.75, 3.05) is 0 Å². The maximum absolute atomic E-state index is 11.9. The van der Waals surface area contributed by atoms with E-state index < -0.39 is 28.0 Å². The van der Waals surface area contributed by atoms with Crippen LogP contribution in [-0.2, 0) is 15.9 Å². The van der Waals surface area contributed by atoms with Gasteiger partial charge < -0.3 is 4.74 Å². The average molecular weight is 279 g/mol. The van der Waals surface area contributed by atoms with Gasteiger partial charge in [0.15, 0.2) is 0 Å². The molecule has 0 amide bonds. The smallest absolute Gasteiger partial charge is 0.405 e. The molecule has 91 valence electrons. The molecule has 0 atom stereocenters. The standard InChI is InChI=1S/C8H7F3O4S.Na/c9-8(10,11)15-7-4-2-1-3-6(7)5-16(12,13)14;/h1-4H,5H2,(H,12,13,14);. The summed E-state index contributed by atoms with van der Waals surface area (Å²) in [5.74, 6) is -1.58. The number of rotatable bonds is 3. The van der Waals surface area contributed by atoms with Crippen LogP contribution in [-0.4, -0.2) is 48.9 Å². The third-order valence-corrected chi connectivity index (χ3v) is 2.21. The molecule has 0 unspecified atom stereocenters. The van der Waals surface area contributed by atoms with Gasteiger partial charge in [-0.05, 0) is 6.07 Å². The van der Waals surface area contributed by atoms with Crippen LogP contribution in [0.3, 0.4) is 0 Å². The second-order valence-electron chi connectivity index (χ2n) is 2.88. The second kappa shape index (κ2) is 6.05. The first-order valence-electron chi connectivity index (χ1n) is 3.96. The van der Waals surface area contributed by atoms with Crippen LogP contribution in [0.5, 0.6) is 5.75 Å². The van der Waals surface area contributed by atoms with E-state index in [4.69, 9.17) is 4.55 Å². The van der Waals surface area contributed by atoms with Gasteiger partial charge >= 0.3 is 6.36 Å². The Hall–Kier alpha value is -0.280. The van der Waals surface area contributed by atoms with Crippen LogP contribution >= 0.6 is 0 Å². The molecule has 1 aromatic rings. The summed E-state index contributed by atoms with van der Waals surface area (Å²) in [7, 11) is -4.40. The zero-order chi connectivity index (χ0) is 12.4. The first kappa shape index (κ1) is 16.7. The average Bonchev–Trinajstić information content (AvgIpc) is 2.03. The van der Waals surface area contributed by atoms with Gasteiger partial charge in [0.25, 0.3) is 10.1 Å². The summed E-state index contributed by atoms with van der Waals surface area (Å²) in [6.07, 6.45) is -4.91. The molecule has 1 N–H and O–H groups in total. The predicted octanol–water partition coefficient (Wildman–Crippen LogP) is 1.59. The molecule has 1 rings (SSSR count). The molecule has 0 bridgehead atoms. The molecular weight excluding hydrogens is 272 g/mol. The largest absolute Gasteiger partial charge is 0.573 e. The number of hydrogen-bond acceptors (Lipinski definition) is 3. The molecule has 0 spiro atoms. The monoisotopic (exact) mass is 279 g/mol. The van der Waals surface area contributed by atoms with Gasteiger partial charge in [-0.15, -0.1) is 13.2 Å². The minimum atomic E-state index is -4.91. The molecule has 9 heteroatoms. The van der Waals surface area contributed by atoms with E-state index in [2.05, 4.69) is 4.74 Å². The van der Waals surface area contributed by atoms with Crippen LogP contribution in [0.25, 0.3) is 0 Å². The quantitative estimate of drug-likeness (QED) is 0.674. The van der Waals surface area contributed by atoms with Crippen molar-refractivity contribution in [1.29, 1.82) is 0 Å². The minimum absolute atomic E-state index is 0. The molecule has 0 saturated carbocycles. The number of ether oxygens (including phenoxy) is 1. The van der Waals surface area contributed by atoms with Gasteiger partial charge in [-0.2, -0.15) is 8.42 Å². The SMILES string of the molecule is O=S(=O)(O)Cc1ccccc1OC(F)(F)F.[Na]. The van der Waals surface area contributed by atoms with Crippen LogP contribution in [0.1, 0.15) is 5.56 Å². The fourth-order valence-electron chi connectivity index (χ4n) is 1.04. The maximum Gasteiger partial charge on any atom is 0.573 e. The number of benzene rings is 1. The molecule has 17 heavy (non-hydrogen) atoms. The third-order valence-electron chi connectivity index (χ3n) is 1.54. The summed E-state index contributed by atoms with van der Waals surface area (Å²) >= 11 is 0. The summed E-state index contributed by atoms with van der Waals surface area (Å²) in [6.45, 7) is 0. The zero-order valence-electron chi connectivity index (χ0n) is 8.73. The first-order valence-corrected chi connectivity index (χ1v) is 5.57. The van der Waals surface area contributed by atoms with Gasteiger partial charge in [0.2, 0.25) is 0 Å². The molecule has 0 aromatic heterocycles. The summed E-state index contributed by atoms with van der Waals surface area (Å²) in [6, 6.07) is 4.68. The van der Waals surface area contributed by atoms with E-state index in [1.165, 1.54) is 12.1 Å². The van der Waals surface area contributed by atoms with Gasteiger partial charge in [0.1, 0.15) is 11.5 Å². The fraction of sp³-hybridized carbons (Fsp3) is 0.250.